The molecule has 0 radical (unpaired) electrons. The van der Waals surface area contributed by atoms with Crippen LogP contribution in [0.15, 0.2) is 0 Å². The fourth-order valence-electron chi connectivity index (χ4n) is 4.01. The van der Waals surface area contributed by atoms with Crippen LogP contribution in [-0.4, -0.2) is 22.4 Å². The number of hydrogen-bond acceptors (Lipinski definition) is 2. The summed E-state index contributed by atoms with van der Waals surface area (Å²) >= 11 is 6.56. The van der Waals surface area contributed by atoms with Crippen LogP contribution in [-0.2, 0) is 19.9 Å². The zero-order valence-corrected chi connectivity index (χ0v) is 14.8. The van der Waals surface area contributed by atoms with Gasteiger partial charge in [-0.1, -0.05) is 45.2 Å². The Morgan fingerprint density at radius 1 is 1.29 bits per heavy atom. The van der Waals surface area contributed by atoms with E-state index >= 15 is 0 Å². The van der Waals surface area contributed by atoms with Gasteiger partial charge in [0.15, 0.2) is 0 Å². The highest BCUT2D eigenvalue weighted by atomic mass is 35.5. The summed E-state index contributed by atoms with van der Waals surface area (Å²) in [7, 11) is 2.02. The van der Waals surface area contributed by atoms with Crippen LogP contribution in [0.25, 0.3) is 0 Å². The van der Waals surface area contributed by atoms with Gasteiger partial charge in [-0.3, -0.25) is 4.68 Å². The predicted molar refractivity (Wildman–Crippen MR) is 90.0 cm³/mol. The molecule has 1 N–H and O–H groups in total. The number of hydrogen-bond donors (Lipinski definition) is 1. The van der Waals surface area contributed by atoms with E-state index in [9.17, 15) is 0 Å². The first kappa shape index (κ1) is 16.8. The minimum Gasteiger partial charge on any atom is -0.313 e. The van der Waals surface area contributed by atoms with Crippen molar-refractivity contribution >= 4 is 11.6 Å². The normalized spacial score (nSPS) is 19.1. The highest BCUT2D eigenvalue weighted by molar-refractivity contribution is 6.31. The third kappa shape index (κ3) is 3.29. The number of likely N-dealkylation sites (N-methyl/N-ethyl adjacent to an activating group) is 1. The van der Waals surface area contributed by atoms with Crippen LogP contribution in [0.1, 0.15) is 64.3 Å². The highest BCUT2D eigenvalue weighted by Crippen LogP contribution is 2.45. The van der Waals surface area contributed by atoms with E-state index in [0.29, 0.717) is 11.5 Å². The average molecular weight is 312 g/mol. The van der Waals surface area contributed by atoms with Crippen LogP contribution in [0.3, 0.4) is 0 Å². The van der Waals surface area contributed by atoms with Crippen molar-refractivity contribution in [3.63, 3.8) is 0 Å². The summed E-state index contributed by atoms with van der Waals surface area (Å²) in [6, 6.07) is 0.507. The van der Waals surface area contributed by atoms with Crippen molar-refractivity contribution in [1.29, 1.82) is 0 Å². The van der Waals surface area contributed by atoms with E-state index in [4.69, 9.17) is 11.6 Å². The zero-order chi connectivity index (χ0) is 15.5. The van der Waals surface area contributed by atoms with E-state index in [1.165, 1.54) is 37.8 Å². The molecule has 1 unspecified atom stereocenters. The first-order valence-electron chi connectivity index (χ1n) is 8.51. The molecule has 0 bridgehead atoms. The molecule has 0 amide bonds. The summed E-state index contributed by atoms with van der Waals surface area (Å²) in [5.41, 5.74) is 2.66. The van der Waals surface area contributed by atoms with Gasteiger partial charge in [0.1, 0.15) is 0 Å². The molecular formula is C17H30ClN3. The Hall–Kier alpha value is -0.540. The van der Waals surface area contributed by atoms with Crippen molar-refractivity contribution in [2.75, 3.05) is 6.54 Å². The van der Waals surface area contributed by atoms with Crippen LogP contribution in [0.4, 0.5) is 0 Å². The topological polar surface area (TPSA) is 29.9 Å². The van der Waals surface area contributed by atoms with E-state index in [1.54, 1.807) is 0 Å². The lowest BCUT2D eigenvalue weighted by molar-refractivity contribution is 0.184. The van der Waals surface area contributed by atoms with Gasteiger partial charge in [-0.25, -0.2) is 0 Å². The zero-order valence-electron chi connectivity index (χ0n) is 14.0. The van der Waals surface area contributed by atoms with Crippen molar-refractivity contribution in [1.82, 2.24) is 15.1 Å². The average Bonchev–Trinajstić information content (AvgIpc) is 3.07. The van der Waals surface area contributed by atoms with Crippen molar-refractivity contribution in [3.8, 4) is 0 Å². The van der Waals surface area contributed by atoms with E-state index < -0.39 is 0 Å². The summed E-state index contributed by atoms with van der Waals surface area (Å²) in [5, 5.41) is 9.20. The molecule has 0 spiro atoms. The van der Waals surface area contributed by atoms with Gasteiger partial charge >= 0.3 is 0 Å². The smallest absolute Gasteiger partial charge is 0.0850 e. The van der Waals surface area contributed by atoms with Gasteiger partial charge in [0.2, 0.25) is 0 Å². The number of aryl methyl sites for hydroxylation is 2. The lowest BCUT2D eigenvalue weighted by atomic mass is 9.74. The summed E-state index contributed by atoms with van der Waals surface area (Å²) in [5.74, 6) is 0. The first-order valence-corrected chi connectivity index (χ1v) is 8.89. The molecule has 1 fully saturated rings. The van der Waals surface area contributed by atoms with Crippen molar-refractivity contribution in [2.45, 2.75) is 71.8 Å². The molecule has 1 aromatic rings. The molecule has 2 rings (SSSR count). The predicted octanol–water partition coefficient (Wildman–Crippen LogP) is 4.13. The van der Waals surface area contributed by atoms with Gasteiger partial charge in [0.05, 0.1) is 16.4 Å². The summed E-state index contributed by atoms with van der Waals surface area (Å²) in [6.07, 6.45) is 8.57. The molecule has 120 valence electrons. The van der Waals surface area contributed by atoms with Gasteiger partial charge in [0, 0.05) is 19.5 Å². The number of rotatable bonds is 7. The second-order valence-corrected chi connectivity index (χ2v) is 6.80. The number of halogens is 1. The molecule has 0 saturated heterocycles. The van der Waals surface area contributed by atoms with Crippen LogP contribution in [0.2, 0.25) is 5.02 Å². The van der Waals surface area contributed by atoms with Crippen molar-refractivity contribution in [2.24, 2.45) is 12.5 Å². The molecule has 1 saturated carbocycles. The van der Waals surface area contributed by atoms with Crippen LogP contribution in [0, 0.1) is 5.41 Å². The molecule has 0 aromatic carbocycles. The molecular weight excluding hydrogens is 282 g/mol. The van der Waals surface area contributed by atoms with E-state index in [0.717, 1.165) is 30.1 Å². The second-order valence-electron chi connectivity index (χ2n) is 6.42. The molecule has 1 aromatic heterocycles. The monoisotopic (exact) mass is 311 g/mol. The van der Waals surface area contributed by atoms with Gasteiger partial charge < -0.3 is 5.32 Å². The Kier molecular flexibility index (Phi) is 5.73. The maximum Gasteiger partial charge on any atom is 0.0850 e. The SMILES string of the molecule is CCNC(Cc1c(Cl)c(CC)nn1C)C1(CC)CCCC1. The van der Waals surface area contributed by atoms with Crippen LogP contribution < -0.4 is 5.32 Å². The standard InChI is InChI=1S/C17H30ClN3/c1-5-13-16(18)14(21(4)20-13)12-15(19-7-3)17(6-2)10-8-9-11-17/h15,19H,5-12H2,1-4H3. The van der Waals surface area contributed by atoms with Crippen molar-refractivity contribution in [3.05, 3.63) is 16.4 Å². The maximum atomic E-state index is 6.56. The molecule has 0 aliphatic heterocycles. The Balaban J connectivity index is 2.26. The molecule has 1 atom stereocenters. The molecule has 1 aliphatic rings. The minimum absolute atomic E-state index is 0.440. The lowest BCUT2D eigenvalue weighted by Crippen LogP contribution is -2.45. The summed E-state index contributed by atoms with van der Waals surface area (Å²) < 4.78 is 1.99. The highest BCUT2D eigenvalue weighted by Gasteiger charge is 2.40. The fraction of sp³-hybridized carbons (Fsp3) is 0.824. The van der Waals surface area contributed by atoms with Crippen molar-refractivity contribution < 1.29 is 0 Å². The Labute approximate surface area is 134 Å². The maximum absolute atomic E-state index is 6.56. The molecule has 4 heteroatoms. The lowest BCUT2D eigenvalue weighted by Gasteiger charge is -2.37. The number of aromatic nitrogens is 2. The largest absolute Gasteiger partial charge is 0.313 e. The molecule has 1 aliphatic carbocycles. The Bertz CT molecular complexity index is 461. The van der Waals surface area contributed by atoms with E-state index in [-0.39, 0.29) is 0 Å². The van der Waals surface area contributed by atoms with Crippen LogP contribution in [0.5, 0.6) is 0 Å². The second kappa shape index (κ2) is 7.15. The third-order valence-corrected chi connectivity index (χ3v) is 5.83. The summed E-state index contributed by atoms with van der Waals surface area (Å²) in [6.45, 7) is 7.68. The third-order valence-electron chi connectivity index (χ3n) is 5.39. The fourth-order valence-corrected chi connectivity index (χ4v) is 4.38. The van der Waals surface area contributed by atoms with Crippen LogP contribution >= 0.6 is 11.6 Å². The van der Waals surface area contributed by atoms with Gasteiger partial charge in [0.25, 0.3) is 0 Å². The van der Waals surface area contributed by atoms with Gasteiger partial charge in [-0.15, -0.1) is 0 Å². The first-order chi connectivity index (χ1) is 10.1. The molecule has 3 nitrogen and oxygen atoms in total. The van der Waals surface area contributed by atoms with E-state index in [2.05, 4.69) is 31.2 Å². The molecule has 21 heavy (non-hydrogen) atoms. The number of nitrogens with zero attached hydrogens (tertiary/aromatic N) is 2. The van der Waals surface area contributed by atoms with Gasteiger partial charge in [-0.2, -0.15) is 5.10 Å². The summed E-state index contributed by atoms with van der Waals surface area (Å²) in [4.78, 5) is 0. The minimum atomic E-state index is 0.440. The number of nitrogens with one attached hydrogen (secondary N) is 1. The molecule has 1 heterocycles. The Morgan fingerprint density at radius 2 is 1.95 bits per heavy atom. The van der Waals surface area contributed by atoms with E-state index in [1.807, 2.05) is 11.7 Å². The van der Waals surface area contributed by atoms with Gasteiger partial charge in [-0.05, 0) is 37.6 Å². The quantitative estimate of drug-likeness (QED) is 0.820. The Morgan fingerprint density at radius 3 is 2.43 bits per heavy atom.